The maximum atomic E-state index is 12.1. The fourth-order valence-corrected chi connectivity index (χ4v) is 2.71. The first-order valence-corrected chi connectivity index (χ1v) is 9.59. The molecular formula is C21H22BrN3O3. The van der Waals surface area contributed by atoms with Gasteiger partial charge in [-0.15, -0.1) is 0 Å². The molecule has 7 heteroatoms. The molecule has 2 aromatic carbocycles. The number of rotatable bonds is 4. The van der Waals surface area contributed by atoms with Crippen LogP contribution in [0.25, 0.3) is 6.08 Å². The summed E-state index contributed by atoms with van der Waals surface area (Å²) in [7, 11) is 0. The number of benzene rings is 2. The van der Waals surface area contributed by atoms with E-state index in [1.807, 2.05) is 63.3 Å². The van der Waals surface area contributed by atoms with Gasteiger partial charge < -0.3 is 14.8 Å². The molecule has 146 valence electrons. The van der Waals surface area contributed by atoms with Crippen LogP contribution in [0.15, 0.2) is 58.1 Å². The van der Waals surface area contributed by atoms with E-state index in [0.717, 1.165) is 27.2 Å². The second-order valence-electron chi connectivity index (χ2n) is 7.27. The van der Waals surface area contributed by atoms with E-state index in [2.05, 4.69) is 31.8 Å². The number of allylic oxidation sites excluding steroid dienone is 1. The maximum Gasteiger partial charge on any atom is 0.339 e. The highest BCUT2D eigenvalue weighted by molar-refractivity contribution is 9.10. The zero-order chi connectivity index (χ0) is 20.1. The molecule has 0 saturated heterocycles. The topological polar surface area (TPSA) is 72.0 Å². The summed E-state index contributed by atoms with van der Waals surface area (Å²) < 4.78 is 11.7. The quantitative estimate of drug-likeness (QED) is 0.489. The van der Waals surface area contributed by atoms with E-state index in [0.29, 0.717) is 5.69 Å². The molecule has 0 atom stereocenters. The molecule has 1 heterocycles. The predicted molar refractivity (Wildman–Crippen MR) is 115 cm³/mol. The minimum atomic E-state index is -0.402. The van der Waals surface area contributed by atoms with Crippen LogP contribution < -0.4 is 20.2 Å². The lowest BCUT2D eigenvalue weighted by molar-refractivity contribution is 0.174. The van der Waals surface area contributed by atoms with Crippen molar-refractivity contribution in [3.05, 3.63) is 58.6 Å². The second-order valence-corrected chi connectivity index (χ2v) is 8.18. The van der Waals surface area contributed by atoms with Crippen LogP contribution in [0.4, 0.5) is 10.5 Å². The molecule has 0 fully saturated rings. The second kappa shape index (κ2) is 8.48. The van der Waals surface area contributed by atoms with Crippen molar-refractivity contribution in [2.75, 3.05) is 12.1 Å². The van der Waals surface area contributed by atoms with Crippen LogP contribution in [0.1, 0.15) is 26.3 Å². The predicted octanol–water partition coefficient (Wildman–Crippen LogP) is 5.41. The molecule has 3 rings (SSSR count). The van der Waals surface area contributed by atoms with Gasteiger partial charge in [-0.3, -0.25) is 0 Å². The van der Waals surface area contributed by atoms with E-state index in [4.69, 9.17) is 9.47 Å². The Morgan fingerprint density at radius 2 is 1.82 bits per heavy atom. The fourth-order valence-electron chi connectivity index (χ4n) is 2.45. The monoisotopic (exact) mass is 443 g/mol. The number of halogens is 1. The van der Waals surface area contributed by atoms with Gasteiger partial charge in [-0.1, -0.05) is 48.8 Å². The van der Waals surface area contributed by atoms with E-state index >= 15 is 0 Å². The van der Waals surface area contributed by atoms with Crippen LogP contribution in [-0.2, 0) is 0 Å². The third kappa shape index (κ3) is 5.36. The molecule has 0 saturated carbocycles. The summed E-state index contributed by atoms with van der Waals surface area (Å²) in [5.41, 5.74) is 4.68. The summed E-state index contributed by atoms with van der Waals surface area (Å²) in [6, 6.07) is 12.6. The highest BCUT2D eigenvalue weighted by atomic mass is 79.9. The number of urea groups is 1. The van der Waals surface area contributed by atoms with Crippen molar-refractivity contribution in [3.8, 4) is 11.5 Å². The summed E-state index contributed by atoms with van der Waals surface area (Å²) in [6.07, 6.45) is 3.82. The van der Waals surface area contributed by atoms with Crippen LogP contribution in [0.3, 0.4) is 0 Å². The number of carbonyl (C=O) groups excluding carboxylic acids is 1. The molecule has 0 unspecified atom stereocenters. The fraction of sp³-hybridized carbons (Fsp3) is 0.238. The third-order valence-corrected chi connectivity index (χ3v) is 4.51. The van der Waals surface area contributed by atoms with Crippen LogP contribution in [0, 0.1) is 5.41 Å². The van der Waals surface area contributed by atoms with Gasteiger partial charge >= 0.3 is 6.03 Å². The number of carbonyl (C=O) groups is 1. The molecule has 1 aliphatic heterocycles. The Kier molecular flexibility index (Phi) is 6.04. The summed E-state index contributed by atoms with van der Waals surface area (Å²) in [6.45, 7) is 6.34. The Labute approximate surface area is 172 Å². The van der Waals surface area contributed by atoms with Gasteiger partial charge in [0, 0.05) is 15.6 Å². The number of hydrogen-bond acceptors (Lipinski definition) is 4. The van der Waals surface area contributed by atoms with Gasteiger partial charge in [0.05, 0.1) is 5.71 Å². The van der Waals surface area contributed by atoms with Gasteiger partial charge in [0.15, 0.2) is 11.5 Å². The van der Waals surface area contributed by atoms with Gasteiger partial charge in [-0.05, 0) is 48.0 Å². The minimum Gasteiger partial charge on any atom is -0.454 e. The van der Waals surface area contributed by atoms with Crippen LogP contribution in [0.2, 0.25) is 0 Å². The highest BCUT2D eigenvalue weighted by Gasteiger charge is 2.18. The summed E-state index contributed by atoms with van der Waals surface area (Å²) in [5.74, 6) is 1.47. The van der Waals surface area contributed by atoms with Gasteiger partial charge in [-0.25, -0.2) is 10.2 Å². The molecule has 0 radical (unpaired) electrons. The van der Waals surface area contributed by atoms with Crippen molar-refractivity contribution in [2.24, 2.45) is 10.5 Å². The summed E-state index contributed by atoms with van der Waals surface area (Å²) in [4.78, 5) is 12.1. The van der Waals surface area contributed by atoms with Crippen LogP contribution in [0.5, 0.6) is 11.5 Å². The lowest BCUT2D eigenvalue weighted by atomic mass is 9.89. The molecule has 0 aliphatic carbocycles. The molecule has 0 spiro atoms. The lowest BCUT2D eigenvalue weighted by Crippen LogP contribution is -2.28. The Bertz CT molecular complexity index is 915. The van der Waals surface area contributed by atoms with Gasteiger partial charge in [0.25, 0.3) is 0 Å². The van der Waals surface area contributed by atoms with E-state index in [1.165, 1.54) is 0 Å². The number of ether oxygens (including phenoxy) is 2. The van der Waals surface area contributed by atoms with Crippen molar-refractivity contribution < 1.29 is 14.3 Å². The van der Waals surface area contributed by atoms with Crippen LogP contribution in [-0.4, -0.2) is 18.5 Å². The number of nitrogens with zero attached hydrogens (tertiary/aromatic N) is 1. The highest BCUT2D eigenvalue weighted by Crippen LogP contribution is 2.33. The number of amides is 2. The Morgan fingerprint density at radius 1 is 1.11 bits per heavy atom. The number of hydrazone groups is 1. The van der Waals surface area contributed by atoms with Crippen molar-refractivity contribution in [3.63, 3.8) is 0 Å². The van der Waals surface area contributed by atoms with Gasteiger partial charge in [0.2, 0.25) is 6.79 Å². The van der Waals surface area contributed by atoms with Crippen LogP contribution >= 0.6 is 15.9 Å². The van der Waals surface area contributed by atoms with Crippen molar-refractivity contribution in [1.29, 1.82) is 0 Å². The standard InChI is InChI=1S/C21H22BrN3O3/c1-21(2,3)19(11-5-14-4-10-17-18(12-14)28-13-27-17)24-25-20(26)23-16-8-6-15(22)7-9-16/h4-12H,13H2,1-3H3,(H2,23,25,26)/b11-5+,24-19+. The zero-order valence-corrected chi connectivity index (χ0v) is 17.5. The largest absolute Gasteiger partial charge is 0.454 e. The summed E-state index contributed by atoms with van der Waals surface area (Å²) >= 11 is 3.36. The van der Waals surface area contributed by atoms with Crippen molar-refractivity contribution in [1.82, 2.24) is 5.43 Å². The lowest BCUT2D eigenvalue weighted by Gasteiger charge is -2.18. The van der Waals surface area contributed by atoms with E-state index in [-0.39, 0.29) is 12.2 Å². The van der Waals surface area contributed by atoms with E-state index in [1.54, 1.807) is 12.1 Å². The number of hydrogen-bond donors (Lipinski definition) is 2. The molecule has 1 aliphatic rings. The Balaban J connectivity index is 1.69. The Hall–Kier alpha value is -2.80. The molecule has 0 bridgehead atoms. The third-order valence-electron chi connectivity index (χ3n) is 3.98. The minimum absolute atomic E-state index is 0.245. The first kappa shape index (κ1) is 19.9. The van der Waals surface area contributed by atoms with Crippen molar-refractivity contribution >= 4 is 39.4 Å². The molecular weight excluding hydrogens is 422 g/mol. The first-order chi connectivity index (χ1) is 13.3. The first-order valence-electron chi connectivity index (χ1n) is 8.80. The number of anilines is 1. The molecule has 28 heavy (non-hydrogen) atoms. The summed E-state index contributed by atoms with van der Waals surface area (Å²) in [5, 5.41) is 7.04. The molecule has 0 aromatic heterocycles. The molecule has 2 aromatic rings. The average molecular weight is 444 g/mol. The van der Waals surface area contributed by atoms with Crippen molar-refractivity contribution in [2.45, 2.75) is 20.8 Å². The van der Waals surface area contributed by atoms with E-state index < -0.39 is 6.03 Å². The average Bonchev–Trinajstić information content (AvgIpc) is 3.10. The smallest absolute Gasteiger partial charge is 0.339 e. The molecule has 2 amide bonds. The maximum absolute atomic E-state index is 12.1. The molecule has 2 N–H and O–H groups in total. The zero-order valence-electron chi connectivity index (χ0n) is 16.0. The normalized spacial score (nSPS) is 13.6. The van der Waals surface area contributed by atoms with Gasteiger partial charge in [-0.2, -0.15) is 5.10 Å². The van der Waals surface area contributed by atoms with Gasteiger partial charge in [0.1, 0.15) is 0 Å². The number of fused-ring (bicyclic) bond motifs is 1. The van der Waals surface area contributed by atoms with E-state index in [9.17, 15) is 4.79 Å². The molecule has 6 nitrogen and oxygen atoms in total. The Morgan fingerprint density at radius 3 is 2.54 bits per heavy atom. The number of nitrogens with one attached hydrogen (secondary N) is 2. The SMILES string of the molecule is CC(C)(C)C(/C=C/c1ccc2c(c1)OCO2)=N/NC(=O)Nc1ccc(Br)cc1.